The fourth-order valence-electron chi connectivity index (χ4n) is 2.55. The Balaban J connectivity index is 1.90. The van der Waals surface area contributed by atoms with Crippen molar-refractivity contribution in [2.75, 3.05) is 19.7 Å². The largest absolute Gasteiger partial charge is 0.493 e. The summed E-state index contributed by atoms with van der Waals surface area (Å²) in [5.41, 5.74) is 4.70. The van der Waals surface area contributed by atoms with Crippen molar-refractivity contribution in [1.29, 1.82) is 0 Å². The molecule has 0 unspecified atom stereocenters. The molecule has 0 fully saturated rings. The van der Waals surface area contributed by atoms with E-state index in [0.29, 0.717) is 18.8 Å². The Bertz CT molecular complexity index is 928. The fourth-order valence-corrected chi connectivity index (χ4v) is 4.05. The Morgan fingerprint density at radius 3 is 2.31 bits per heavy atom. The lowest BCUT2D eigenvalue weighted by Crippen LogP contribution is -2.42. The van der Waals surface area contributed by atoms with Gasteiger partial charge in [-0.1, -0.05) is 38.1 Å². The monoisotopic (exact) mass is 419 g/mol. The van der Waals surface area contributed by atoms with Crippen LogP contribution in [0.2, 0.25) is 0 Å². The normalized spacial score (nSPS) is 11.1. The topological polar surface area (TPSA) is 105 Å². The molecule has 0 bridgehead atoms. The number of nitrogens with zero attached hydrogens (tertiary/aromatic N) is 1. The summed E-state index contributed by atoms with van der Waals surface area (Å²) in [5.74, 6) is -0.393. The SMILES string of the molecule is CCN(CC)S(=O)(=O)c1cccc(C(=O)NNC(=O)CCOc2ccccc2)c1. The minimum absolute atomic E-state index is 0.0245. The van der Waals surface area contributed by atoms with Gasteiger partial charge in [0.05, 0.1) is 17.9 Å². The van der Waals surface area contributed by atoms with E-state index in [1.54, 1.807) is 26.0 Å². The summed E-state index contributed by atoms with van der Waals surface area (Å²) in [7, 11) is -3.68. The van der Waals surface area contributed by atoms with E-state index in [4.69, 9.17) is 4.74 Å². The van der Waals surface area contributed by atoms with E-state index < -0.39 is 21.8 Å². The molecule has 2 rings (SSSR count). The Labute approximate surface area is 170 Å². The predicted molar refractivity (Wildman–Crippen MR) is 109 cm³/mol. The number of para-hydroxylation sites is 1. The van der Waals surface area contributed by atoms with Gasteiger partial charge >= 0.3 is 0 Å². The molecule has 0 aliphatic carbocycles. The van der Waals surface area contributed by atoms with Crippen LogP contribution < -0.4 is 15.6 Å². The highest BCUT2D eigenvalue weighted by atomic mass is 32.2. The van der Waals surface area contributed by atoms with Gasteiger partial charge in [0.15, 0.2) is 0 Å². The van der Waals surface area contributed by atoms with Gasteiger partial charge in [-0.05, 0) is 30.3 Å². The first-order valence-electron chi connectivity index (χ1n) is 9.25. The Hall–Kier alpha value is -2.91. The minimum Gasteiger partial charge on any atom is -0.493 e. The van der Waals surface area contributed by atoms with Crippen molar-refractivity contribution in [2.24, 2.45) is 0 Å². The third-order valence-corrected chi connectivity index (χ3v) is 6.14. The number of carbonyl (C=O) groups excluding carboxylic acids is 2. The van der Waals surface area contributed by atoms with Crippen molar-refractivity contribution in [3.05, 3.63) is 60.2 Å². The van der Waals surface area contributed by atoms with E-state index in [9.17, 15) is 18.0 Å². The summed E-state index contributed by atoms with van der Waals surface area (Å²) in [6.07, 6.45) is 0.0472. The zero-order chi connectivity index (χ0) is 21.3. The molecule has 2 N–H and O–H groups in total. The van der Waals surface area contributed by atoms with Gasteiger partial charge in [0.2, 0.25) is 15.9 Å². The third-order valence-electron chi connectivity index (χ3n) is 4.10. The molecule has 0 saturated carbocycles. The molecule has 29 heavy (non-hydrogen) atoms. The third kappa shape index (κ3) is 6.30. The lowest BCUT2D eigenvalue weighted by atomic mass is 10.2. The van der Waals surface area contributed by atoms with E-state index >= 15 is 0 Å². The molecule has 0 aliphatic heterocycles. The number of rotatable bonds is 9. The molecule has 0 saturated heterocycles. The summed E-state index contributed by atoms with van der Waals surface area (Å²) < 4.78 is 31.9. The lowest BCUT2D eigenvalue weighted by Gasteiger charge is -2.18. The van der Waals surface area contributed by atoms with Crippen LogP contribution >= 0.6 is 0 Å². The maximum atomic E-state index is 12.6. The fraction of sp³-hybridized carbons (Fsp3) is 0.300. The van der Waals surface area contributed by atoms with E-state index in [1.807, 2.05) is 18.2 Å². The number of benzene rings is 2. The maximum absolute atomic E-state index is 12.6. The summed E-state index contributed by atoms with van der Waals surface area (Å²) in [6.45, 7) is 4.30. The first kappa shape index (κ1) is 22.4. The smallest absolute Gasteiger partial charge is 0.269 e. The quantitative estimate of drug-likeness (QED) is 0.605. The van der Waals surface area contributed by atoms with Crippen LogP contribution in [-0.4, -0.2) is 44.2 Å². The zero-order valence-electron chi connectivity index (χ0n) is 16.4. The summed E-state index contributed by atoms with van der Waals surface area (Å²) in [6, 6.07) is 14.7. The standard InChI is InChI=1S/C20H25N3O5S/c1-3-23(4-2)29(26,27)18-12-8-9-16(15-18)20(25)22-21-19(24)13-14-28-17-10-6-5-7-11-17/h5-12,15H,3-4,13-14H2,1-2H3,(H,21,24)(H,22,25). The average molecular weight is 420 g/mol. The maximum Gasteiger partial charge on any atom is 0.269 e. The van der Waals surface area contributed by atoms with E-state index in [1.165, 1.54) is 28.6 Å². The van der Waals surface area contributed by atoms with Crippen molar-refractivity contribution in [3.63, 3.8) is 0 Å². The lowest BCUT2D eigenvalue weighted by molar-refractivity contribution is -0.122. The molecule has 2 aromatic rings. The highest BCUT2D eigenvalue weighted by Crippen LogP contribution is 2.17. The number of hydrogen-bond acceptors (Lipinski definition) is 5. The van der Waals surface area contributed by atoms with Crippen LogP contribution in [0.25, 0.3) is 0 Å². The second kappa shape index (κ2) is 10.6. The van der Waals surface area contributed by atoms with Gasteiger partial charge in [-0.3, -0.25) is 20.4 Å². The molecule has 0 heterocycles. The van der Waals surface area contributed by atoms with Gasteiger partial charge in [-0.15, -0.1) is 0 Å². The van der Waals surface area contributed by atoms with Crippen molar-refractivity contribution >= 4 is 21.8 Å². The Morgan fingerprint density at radius 2 is 1.66 bits per heavy atom. The average Bonchev–Trinajstić information content (AvgIpc) is 2.73. The number of ether oxygens (including phenoxy) is 1. The predicted octanol–water partition coefficient (Wildman–Crippen LogP) is 1.95. The first-order chi connectivity index (χ1) is 13.9. The van der Waals surface area contributed by atoms with Crippen LogP contribution in [0.4, 0.5) is 0 Å². The van der Waals surface area contributed by atoms with Gasteiger partial charge in [0.25, 0.3) is 5.91 Å². The molecular weight excluding hydrogens is 394 g/mol. The van der Waals surface area contributed by atoms with Crippen LogP contribution in [0.5, 0.6) is 5.75 Å². The van der Waals surface area contributed by atoms with Crippen LogP contribution in [0.15, 0.2) is 59.5 Å². The van der Waals surface area contributed by atoms with Crippen molar-refractivity contribution in [2.45, 2.75) is 25.2 Å². The van der Waals surface area contributed by atoms with Crippen molar-refractivity contribution < 1.29 is 22.7 Å². The molecule has 0 spiro atoms. The highest BCUT2D eigenvalue weighted by molar-refractivity contribution is 7.89. The van der Waals surface area contributed by atoms with Crippen LogP contribution in [0.1, 0.15) is 30.6 Å². The first-order valence-corrected chi connectivity index (χ1v) is 10.7. The number of nitrogens with one attached hydrogen (secondary N) is 2. The van der Waals surface area contributed by atoms with Gasteiger partial charge in [0.1, 0.15) is 5.75 Å². The number of sulfonamides is 1. The Morgan fingerprint density at radius 1 is 0.966 bits per heavy atom. The summed E-state index contributed by atoms with van der Waals surface area (Å²) >= 11 is 0. The van der Waals surface area contributed by atoms with Crippen molar-refractivity contribution in [3.8, 4) is 5.75 Å². The molecule has 9 heteroatoms. The molecule has 0 atom stereocenters. The second-order valence-corrected chi connectivity index (χ2v) is 7.97. The molecule has 2 amide bonds. The van der Waals surface area contributed by atoms with Crippen LogP contribution in [-0.2, 0) is 14.8 Å². The molecule has 156 valence electrons. The van der Waals surface area contributed by atoms with Crippen LogP contribution in [0, 0.1) is 0 Å². The van der Waals surface area contributed by atoms with Crippen LogP contribution in [0.3, 0.4) is 0 Å². The molecule has 0 aliphatic rings. The zero-order valence-corrected chi connectivity index (χ0v) is 17.2. The molecule has 0 aromatic heterocycles. The summed E-state index contributed by atoms with van der Waals surface area (Å²) in [4.78, 5) is 24.1. The molecule has 0 radical (unpaired) electrons. The molecular formula is C20H25N3O5S. The van der Waals surface area contributed by atoms with Gasteiger partial charge < -0.3 is 4.74 Å². The molecule has 8 nitrogen and oxygen atoms in total. The number of carbonyl (C=O) groups is 2. The Kier molecular flexibility index (Phi) is 8.17. The second-order valence-electron chi connectivity index (χ2n) is 6.03. The van der Waals surface area contributed by atoms with Crippen molar-refractivity contribution in [1.82, 2.24) is 15.2 Å². The number of hydrogen-bond donors (Lipinski definition) is 2. The van der Waals surface area contributed by atoms with Gasteiger partial charge in [-0.2, -0.15) is 4.31 Å². The number of amides is 2. The van der Waals surface area contributed by atoms with Gasteiger partial charge in [-0.25, -0.2) is 8.42 Å². The highest BCUT2D eigenvalue weighted by Gasteiger charge is 2.22. The molecule has 2 aromatic carbocycles. The number of hydrazine groups is 1. The van der Waals surface area contributed by atoms with Gasteiger partial charge in [0, 0.05) is 18.7 Å². The van der Waals surface area contributed by atoms with E-state index in [0.717, 1.165) is 0 Å². The van der Waals surface area contributed by atoms with E-state index in [2.05, 4.69) is 10.9 Å². The van der Waals surface area contributed by atoms with E-state index in [-0.39, 0.29) is 23.5 Å². The summed E-state index contributed by atoms with van der Waals surface area (Å²) in [5, 5.41) is 0. The minimum atomic E-state index is -3.68.